The van der Waals surface area contributed by atoms with E-state index in [2.05, 4.69) is 10.4 Å². The molecule has 0 spiro atoms. The minimum atomic E-state index is -0.127. The van der Waals surface area contributed by atoms with Crippen LogP contribution < -0.4 is 5.32 Å². The lowest BCUT2D eigenvalue weighted by Crippen LogP contribution is -2.12. The van der Waals surface area contributed by atoms with Gasteiger partial charge < -0.3 is 5.32 Å². The van der Waals surface area contributed by atoms with Gasteiger partial charge in [-0.05, 0) is 24.6 Å². The molecule has 1 aromatic heterocycles. The van der Waals surface area contributed by atoms with Gasteiger partial charge in [0.15, 0.2) is 0 Å². The molecule has 0 saturated heterocycles. The molecular formula is C19H18ClN3O. The van der Waals surface area contributed by atoms with Crippen LogP contribution in [0.4, 0.5) is 5.82 Å². The van der Waals surface area contributed by atoms with Crippen molar-refractivity contribution in [2.24, 2.45) is 0 Å². The van der Waals surface area contributed by atoms with Crippen molar-refractivity contribution in [1.29, 1.82) is 0 Å². The van der Waals surface area contributed by atoms with Gasteiger partial charge in [-0.3, -0.25) is 4.79 Å². The maximum absolute atomic E-state index is 11.5. The largest absolute Gasteiger partial charge is 0.311 e. The van der Waals surface area contributed by atoms with Gasteiger partial charge in [0.25, 0.3) is 0 Å². The topological polar surface area (TPSA) is 46.9 Å². The Bertz CT molecular complexity index is 869. The molecule has 1 N–H and O–H groups in total. The number of carbonyl (C=O) groups excluding carboxylic acids is 1. The number of carbonyl (C=O) groups is 1. The van der Waals surface area contributed by atoms with Gasteiger partial charge in [-0.2, -0.15) is 5.10 Å². The van der Waals surface area contributed by atoms with E-state index in [0.717, 1.165) is 16.8 Å². The van der Waals surface area contributed by atoms with Crippen molar-refractivity contribution in [3.05, 3.63) is 70.7 Å². The van der Waals surface area contributed by atoms with Gasteiger partial charge in [0.05, 0.1) is 12.2 Å². The summed E-state index contributed by atoms with van der Waals surface area (Å²) in [7, 11) is 0. The fraction of sp³-hybridized carbons (Fsp3) is 0.158. The molecule has 0 unspecified atom stereocenters. The molecule has 5 heteroatoms. The molecule has 2 aromatic carbocycles. The summed E-state index contributed by atoms with van der Waals surface area (Å²) in [6.07, 6.45) is 0. The molecular weight excluding hydrogens is 322 g/mol. The molecule has 24 heavy (non-hydrogen) atoms. The molecule has 0 radical (unpaired) electrons. The number of nitrogens with one attached hydrogen (secondary N) is 1. The maximum atomic E-state index is 11.5. The first-order valence-corrected chi connectivity index (χ1v) is 8.06. The van der Waals surface area contributed by atoms with Crippen LogP contribution in [0.15, 0.2) is 54.6 Å². The molecule has 0 atom stereocenters. The molecule has 0 aliphatic rings. The van der Waals surface area contributed by atoms with E-state index in [1.807, 2.05) is 61.5 Å². The first-order chi connectivity index (χ1) is 11.5. The lowest BCUT2D eigenvalue weighted by Gasteiger charge is -2.08. The minimum absolute atomic E-state index is 0.127. The second kappa shape index (κ2) is 6.89. The lowest BCUT2D eigenvalue weighted by molar-refractivity contribution is -0.114. The van der Waals surface area contributed by atoms with Crippen molar-refractivity contribution in [2.75, 3.05) is 5.32 Å². The zero-order chi connectivity index (χ0) is 17.1. The van der Waals surface area contributed by atoms with Crippen molar-refractivity contribution in [3.63, 3.8) is 0 Å². The number of benzene rings is 2. The van der Waals surface area contributed by atoms with Crippen LogP contribution in [-0.2, 0) is 11.3 Å². The highest BCUT2D eigenvalue weighted by atomic mass is 35.5. The molecule has 4 nitrogen and oxygen atoms in total. The Morgan fingerprint density at radius 2 is 1.92 bits per heavy atom. The first kappa shape index (κ1) is 16.3. The summed E-state index contributed by atoms with van der Waals surface area (Å²) in [5, 5.41) is 8.17. The molecule has 0 bridgehead atoms. The smallest absolute Gasteiger partial charge is 0.222 e. The van der Waals surface area contributed by atoms with E-state index in [0.29, 0.717) is 17.4 Å². The van der Waals surface area contributed by atoms with Crippen LogP contribution in [0.25, 0.3) is 11.3 Å². The molecule has 3 rings (SSSR count). The fourth-order valence-electron chi connectivity index (χ4n) is 2.49. The molecule has 0 aliphatic heterocycles. The van der Waals surface area contributed by atoms with Gasteiger partial charge in [-0.15, -0.1) is 0 Å². The van der Waals surface area contributed by atoms with E-state index < -0.39 is 0 Å². The molecule has 0 saturated carbocycles. The van der Waals surface area contributed by atoms with Gasteiger partial charge in [0.1, 0.15) is 5.82 Å². The third kappa shape index (κ3) is 3.84. The monoisotopic (exact) mass is 339 g/mol. The number of halogens is 1. The third-order valence-electron chi connectivity index (χ3n) is 3.65. The number of hydrogen-bond acceptors (Lipinski definition) is 2. The predicted octanol–water partition coefficient (Wildman–Crippen LogP) is 4.52. The van der Waals surface area contributed by atoms with E-state index in [-0.39, 0.29) is 5.91 Å². The zero-order valence-electron chi connectivity index (χ0n) is 13.6. The first-order valence-electron chi connectivity index (χ1n) is 7.68. The highest BCUT2D eigenvalue weighted by Gasteiger charge is 2.11. The van der Waals surface area contributed by atoms with Gasteiger partial charge in [-0.1, -0.05) is 53.6 Å². The van der Waals surface area contributed by atoms with Crippen LogP contribution in [0.1, 0.15) is 18.1 Å². The average Bonchev–Trinajstić information content (AvgIpc) is 2.90. The number of hydrogen-bond donors (Lipinski definition) is 1. The Kier molecular flexibility index (Phi) is 4.67. The van der Waals surface area contributed by atoms with Crippen LogP contribution in [0.2, 0.25) is 5.02 Å². The van der Waals surface area contributed by atoms with Gasteiger partial charge in [0, 0.05) is 23.6 Å². The number of amides is 1. The molecule has 3 aromatic rings. The van der Waals surface area contributed by atoms with Crippen LogP contribution >= 0.6 is 11.6 Å². The number of nitrogens with zero attached hydrogens (tertiary/aromatic N) is 2. The van der Waals surface area contributed by atoms with Crippen LogP contribution in [0, 0.1) is 6.92 Å². The van der Waals surface area contributed by atoms with Crippen molar-refractivity contribution in [2.45, 2.75) is 20.4 Å². The number of aromatic nitrogens is 2. The van der Waals surface area contributed by atoms with Crippen LogP contribution in [0.5, 0.6) is 0 Å². The van der Waals surface area contributed by atoms with E-state index >= 15 is 0 Å². The van der Waals surface area contributed by atoms with E-state index in [1.165, 1.54) is 12.5 Å². The Balaban J connectivity index is 1.97. The van der Waals surface area contributed by atoms with E-state index in [1.54, 1.807) is 4.68 Å². The summed E-state index contributed by atoms with van der Waals surface area (Å²) in [5.41, 5.74) is 4.05. The highest BCUT2D eigenvalue weighted by Crippen LogP contribution is 2.23. The molecule has 0 aliphatic carbocycles. The summed E-state index contributed by atoms with van der Waals surface area (Å²) >= 11 is 6.05. The zero-order valence-corrected chi connectivity index (χ0v) is 14.3. The standard InChI is InChI=1S/C19H18ClN3O/c1-13-6-8-16(9-7-13)18-11-19(21-14(2)24)23(22-18)12-15-4-3-5-17(20)10-15/h3-11H,12H2,1-2H3,(H,21,24). The van der Waals surface area contributed by atoms with Crippen molar-refractivity contribution < 1.29 is 4.79 Å². The third-order valence-corrected chi connectivity index (χ3v) is 3.89. The normalized spacial score (nSPS) is 10.6. The number of rotatable bonds is 4. The van der Waals surface area contributed by atoms with Gasteiger partial charge in [-0.25, -0.2) is 4.68 Å². The molecule has 0 fully saturated rings. The van der Waals surface area contributed by atoms with E-state index in [4.69, 9.17) is 11.6 Å². The highest BCUT2D eigenvalue weighted by molar-refractivity contribution is 6.30. The second-order valence-electron chi connectivity index (χ2n) is 5.75. The summed E-state index contributed by atoms with van der Waals surface area (Å²) in [4.78, 5) is 11.5. The maximum Gasteiger partial charge on any atom is 0.222 e. The van der Waals surface area contributed by atoms with E-state index in [9.17, 15) is 4.79 Å². The second-order valence-corrected chi connectivity index (χ2v) is 6.19. The fourth-order valence-corrected chi connectivity index (χ4v) is 2.70. The molecule has 1 amide bonds. The predicted molar refractivity (Wildman–Crippen MR) is 97.3 cm³/mol. The lowest BCUT2D eigenvalue weighted by atomic mass is 10.1. The average molecular weight is 340 g/mol. The number of anilines is 1. The number of aryl methyl sites for hydroxylation is 1. The molecule has 122 valence electrons. The SMILES string of the molecule is CC(=O)Nc1cc(-c2ccc(C)cc2)nn1Cc1cccc(Cl)c1. The van der Waals surface area contributed by atoms with Crippen molar-refractivity contribution in [3.8, 4) is 11.3 Å². The quantitative estimate of drug-likeness (QED) is 0.759. The van der Waals surface area contributed by atoms with Crippen LogP contribution in [0.3, 0.4) is 0 Å². The van der Waals surface area contributed by atoms with Gasteiger partial charge >= 0.3 is 0 Å². The Hall–Kier alpha value is -2.59. The summed E-state index contributed by atoms with van der Waals surface area (Å²) in [6.45, 7) is 4.06. The van der Waals surface area contributed by atoms with Crippen molar-refractivity contribution >= 4 is 23.3 Å². The minimum Gasteiger partial charge on any atom is -0.311 e. The Morgan fingerprint density at radius 1 is 1.17 bits per heavy atom. The summed E-state index contributed by atoms with van der Waals surface area (Å²) in [5.74, 6) is 0.538. The van der Waals surface area contributed by atoms with Crippen molar-refractivity contribution in [1.82, 2.24) is 9.78 Å². The Labute approximate surface area is 146 Å². The van der Waals surface area contributed by atoms with Gasteiger partial charge in [0.2, 0.25) is 5.91 Å². The summed E-state index contributed by atoms with van der Waals surface area (Å²) in [6, 6.07) is 17.6. The Morgan fingerprint density at radius 3 is 2.58 bits per heavy atom. The van der Waals surface area contributed by atoms with Crippen LogP contribution in [-0.4, -0.2) is 15.7 Å². The molecule has 1 heterocycles. The summed E-state index contributed by atoms with van der Waals surface area (Å²) < 4.78 is 1.78.